The summed E-state index contributed by atoms with van der Waals surface area (Å²) in [6.45, 7) is 0.0400. The van der Waals surface area contributed by atoms with Gasteiger partial charge in [-0.25, -0.2) is 4.98 Å². The normalized spacial score (nSPS) is 11.6. The van der Waals surface area contributed by atoms with Crippen LogP contribution in [0.5, 0.6) is 5.75 Å². The van der Waals surface area contributed by atoms with Crippen LogP contribution in [-0.2, 0) is 19.8 Å². The minimum Gasteiger partial charge on any atom is -0.487 e. The molecule has 2 N–H and O–H groups in total. The van der Waals surface area contributed by atoms with E-state index in [0.29, 0.717) is 28.5 Å². The first kappa shape index (κ1) is 19.4. The van der Waals surface area contributed by atoms with E-state index in [0.717, 1.165) is 12.1 Å². The van der Waals surface area contributed by atoms with Gasteiger partial charge in [-0.1, -0.05) is 5.16 Å². The SMILES string of the molecule is Cn1ncc(-c2nc(-c3ccc(N)nc3)no2)c1COc1ccc(C(F)(F)F)cc1. The molecule has 4 rings (SSSR count). The van der Waals surface area contributed by atoms with E-state index in [1.54, 1.807) is 30.1 Å². The number of rotatable bonds is 5. The van der Waals surface area contributed by atoms with Crippen LogP contribution in [0.15, 0.2) is 53.3 Å². The zero-order valence-corrected chi connectivity index (χ0v) is 15.6. The average molecular weight is 416 g/mol. The number of aromatic nitrogens is 5. The number of aryl methyl sites for hydroxylation is 1. The van der Waals surface area contributed by atoms with Gasteiger partial charge >= 0.3 is 6.18 Å². The number of nitrogen functional groups attached to an aromatic ring is 1. The molecule has 0 aliphatic heterocycles. The van der Waals surface area contributed by atoms with Crippen LogP contribution in [0.25, 0.3) is 22.8 Å². The first-order valence-electron chi connectivity index (χ1n) is 8.68. The second kappa shape index (κ2) is 7.50. The summed E-state index contributed by atoms with van der Waals surface area (Å²) in [5, 5.41) is 8.12. The maximum absolute atomic E-state index is 12.7. The van der Waals surface area contributed by atoms with Crippen LogP contribution < -0.4 is 10.5 Å². The standard InChI is InChI=1S/C19H15F3N6O2/c1-28-15(10-29-13-5-3-12(4-6-13)19(20,21)22)14(9-25-28)18-26-17(27-30-18)11-2-7-16(23)24-8-11/h2-9H,10H2,1H3,(H2,23,24). The lowest BCUT2D eigenvalue weighted by molar-refractivity contribution is -0.137. The van der Waals surface area contributed by atoms with Gasteiger partial charge in [0.15, 0.2) is 0 Å². The Morgan fingerprint density at radius 3 is 2.53 bits per heavy atom. The molecule has 0 bridgehead atoms. The third-order valence-electron chi connectivity index (χ3n) is 4.32. The van der Waals surface area contributed by atoms with Crippen molar-refractivity contribution in [2.45, 2.75) is 12.8 Å². The summed E-state index contributed by atoms with van der Waals surface area (Å²) in [6, 6.07) is 7.79. The zero-order valence-electron chi connectivity index (χ0n) is 15.6. The molecule has 4 aromatic rings. The van der Waals surface area contributed by atoms with Crippen molar-refractivity contribution >= 4 is 5.82 Å². The Kier molecular flexibility index (Phi) is 4.86. The summed E-state index contributed by atoms with van der Waals surface area (Å²) in [5.74, 6) is 1.21. The van der Waals surface area contributed by atoms with Crippen LogP contribution >= 0.6 is 0 Å². The topological polar surface area (TPSA) is 105 Å². The van der Waals surface area contributed by atoms with Crippen LogP contribution in [0, 0.1) is 0 Å². The highest BCUT2D eigenvalue weighted by molar-refractivity contribution is 5.61. The summed E-state index contributed by atoms with van der Waals surface area (Å²) in [6.07, 6.45) is -1.32. The van der Waals surface area contributed by atoms with Crippen molar-refractivity contribution in [3.63, 3.8) is 0 Å². The molecule has 0 fully saturated rings. The van der Waals surface area contributed by atoms with Crippen LogP contribution in [0.3, 0.4) is 0 Å². The Balaban J connectivity index is 1.53. The molecular weight excluding hydrogens is 401 g/mol. The molecule has 0 aliphatic carbocycles. The second-order valence-electron chi connectivity index (χ2n) is 6.33. The van der Waals surface area contributed by atoms with Crippen molar-refractivity contribution in [2.75, 3.05) is 5.73 Å². The van der Waals surface area contributed by atoms with E-state index in [2.05, 4.69) is 20.2 Å². The third kappa shape index (κ3) is 3.95. The van der Waals surface area contributed by atoms with Crippen LogP contribution in [-0.4, -0.2) is 24.9 Å². The molecule has 8 nitrogen and oxygen atoms in total. The Bertz CT molecular complexity index is 1150. The van der Waals surface area contributed by atoms with Crippen LogP contribution in [0.1, 0.15) is 11.3 Å². The number of nitrogens with two attached hydrogens (primary N) is 1. The molecule has 0 atom stereocenters. The predicted molar refractivity (Wildman–Crippen MR) is 99.9 cm³/mol. The lowest BCUT2D eigenvalue weighted by atomic mass is 10.2. The molecule has 11 heteroatoms. The molecule has 0 saturated heterocycles. The molecule has 0 aliphatic rings. The molecule has 0 amide bonds. The van der Waals surface area contributed by atoms with E-state index in [9.17, 15) is 13.2 Å². The highest BCUT2D eigenvalue weighted by Crippen LogP contribution is 2.31. The van der Waals surface area contributed by atoms with Gasteiger partial charge in [0.2, 0.25) is 5.82 Å². The van der Waals surface area contributed by atoms with Crippen LogP contribution in [0.4, 0.5) is 19.0 Å². The van der Waals surface area contributed by atoms with E-state index >= 15 is 0 Å². The van der Waals surface area contributed by atoms with Gasteiger partial charge in [-0.05, 0) is 36.4 Å². The molecule has 154 valence electrons. The van der Waals surface area contributed by atoms with Crippen molar-refractivity contribution < 1.29 is 22.4 Å². The lowest BCUT2D eigenvalue weighted by Crippen LogP contribution is -2.06. The Hall–Kier alpha value is -3.89. The van der Waals surface area contributed by atoms with Crippen molar-refractivity contribution in [2.24, 2.45) is 7.05 Å². The van der Waals surface area contributed by atoms with Gasteiger partial charge in [-0.15, -0.1) is 0 Å². The minimum absolute atomic E-state index is 0.0400. The molecule has 30 heavy (non-hydrogen) atoms. The molecule has 0 saturated carbocycles. The van der Waals surface area contributed by atoms with Crippen molar-refractivity contribution in [1.29, 1.82) is 0 Å². The van der Waals surface area contributed by atoms with Gasteiger partial charge in [-0.3, -0.25) is 4.68 Å². The Morgan fingerprint density at radius 2 is 1.87 bits per heavy atom. The van der Waals surface area contributed by atoms with Gasteiger partial charge in [0, 0.05) is 18.8 Å². The number of nitrogens with zero attached hydrogens (tertiary/aromatic N) is 5. The highest BCUT2D eigenvalue weighted by atomic mass is 19.4. The second-order valence-corrected chi connectivity index (χ2v) is 6.33. The van der Waals surface area contributed by atoms with Crippen molar-refractivity contribution in [3.05, 3.63) is 60.0 Å². The van der Waals surface area contributed by atoms with Crippen LogP contribution in [0.2, 0.25) is 0 Å². The summed E-state index contributed by atoms with van der Waals surface area (Å²) in [5.41, 5.74) is 6.62. The maximum Gasteiger partial charge on any atom is 0.416 e. The molecule has 1 aromatic carbocycles. The molecule has 0 unspecified atom stereocenters. The van der Waals surface area contributed by atoms with Gasteiger partial charge in [0.1, 0.15) is 18.2 Å². The van der Waals surface area contributed by atoms with Crippen molar-refractivity contribution in [3.8, 4) is 28.6 Å². The number of benzene rings is 1. The van der Waals surface area contributed by atoms with Gasteiger partial charge in [0.05, 0.1) is 23.0 Å². The number of ether oxygens (including phenoxy) is 1. The Morgan fingerprint density at radius 1 is 1.10 bits per heavy atom. The molecular formula is C19H15F3N6O2. The fourth-order valence-electron chi connectivity index (χ4n) is 2.69. The van der Waals surface area contributed by atoms with E-state index < -0.39 is 11.7 Å². The number of hydrogen-bond acceptors (Lipinski definition) is 7. The van der Waals surface area contributed by atoms with E-state index in [-0.39, 0.29) is 18.2 Å². The number of anilines is 1. The number of alkyl halides is 3. The summed E-state index contributed by atoms with van der Waals surface area (Å²) in [4.78, 5) is 8.35. The minimum atomic E-state index is -4.40. The van der Waals surface area contributed by atoms with Gasteiger partial charge in [0.25, 0.3) is 5.89 Å². The first-order valence-corrected chi connectivity index (χ1v) is 8.68. The van der Waals surface area contributed by atoms with Gasteiger partial charge in [-0.2, -0.15) is 23.3 Å². The summed E-state index contributed by atoms with van der Waals surface area (Å²) < 4.78 is 50.6. The summed E-state index contributed by atoms with van der Waals surface area (Å²) in [7, 11) is 1.70. The fraction of sp³-hybridized carbons (Fsp3) is 0.158. The molecule has 3 heterocycles. The highest BCUT2D eigenvalue weighted by Gasteiger charge is 2.30. The summed E-state index contributed by atoms with van der Waals surface area (Å²) >= 11 is 0. The predicted octanol–water partition coefficient (Wildman–Crippen LogP) is 3.71. The number of hydrogen-bond donors (Lipinski definition) is 1. The largest absolute Gasteiger partial charge is 0.487 e. The molecule has 0 spiro atoms. The smallest absolute Gasteiger partial charge is 0.416 e. The monoisotopic (exact) mass is 416 g/mol. The lowest BCUT2D eigenvalue weighted by Gasteiger charge is -2.10. The maximum atomic E-state index is 12.7. The van der Waals surface area contributed by atoms with E-state index in [1.165, 1.54) is 18.3 Å². The third-order valence-corrected chi connectivity index (χ3v) is 4.32. The number of pyridine rings is 1. The molecule has 0 radical (unpaired) electrons. The Labute approximate surface area is 168 Å². The number of halogens is 3. The average Bonchev–Trinajstić information content (AvgIpc) is 3.33. The van der Waals surface area contributed by atoms with Gasteiger partial charge < -0.3 is 15.0 Å². The zero-order chi connectivity index (χ0) is 21.3. The fourth-order valence-corrected chi connectivity index (χ4v) is 2.69. The quantitative estimate of drug-likeness (QED) is 0.529. The molecule has 3 aromatic heterocycles. The van der Waals surface area contributed by atoms with Crippen molar-refractivity contribution in [1.82, 2.24) is 24.9 Å². The first-order chi connectivity index (χ1) is 14.3. The van der Waals surface area contributed by atoms with E-state index in [1.807, 2.05) is 0 Å². The van der Waals surface area contributed by atoms with E-state index in [4.69, 9.17) is 15.0 Å².